The van der Waals surface area contributed by atoms with Crippen molar-refractivity contribution in [2.45, 2.75) is 19.9 Å². The van der Waals surface area contributed by atoms with Gasteiger partial charge in [0.15, 0.2) is 0 Å². The van der Waals surface area contributed by atoms with E-state index < -0.39 is 17.2 Å². The van der Waals surface area contributed by atoms with E-state index >= 15 is 0 Å². The summed E-state index contributed by atoms with van der Waals surface area (Å²) >= 11 is 5.86. The van der Waals surface area contributed by atoms with E-state index in [0.29, 0.717) is 23.7 Å². The van der Waals surface area contributed by atoms with Crippen LogP contribution in [0.25, 0.3) is 5.69 Å². The molecule has 1 aromatic heterocycles. The monoisotopic (exact) mass is 366 g/mol. The second-order valence-corrected chi connectivity index (χ2v) is 5.66. The molecule has 0 bridgehead atoms. The number of rotatable bonds is 7. The lowest BCUT2D eigenvalue weighted by Crippen LogP contribution is -2.46. The minimum atomic E-state index is -0.716. The van der Waals surface area contributed by atoms with Gasteiger partial charge in [0.2, 0.25) is 5.69 Å². The van der Waals surface area contributed by atoms with Crippen molar-refractivity contribution in [3.63, 3.8) is 0 Å². The van der Waals surface area contributed by atoms with Crippen molar-refractivity contribution in [2.24, 2.45) is 0 Å². The first-order chi connectivity index (χ1) is 12.0. The number of carbonyl (C=O) groups is 1. The molecule has 1 amide bonds. The molecular weight excluding hydrogens is 348 g/mol. The highest BCUT2D eigenvalue weighted by Gasteiger charge is 2.19. The van der Waals surface area contributed by atoms with Crippen LogP contribution in [-0.2, 0) is 11.3 Å². The second-order valence-electron chi connectivity index (χ2n) is 5.22. The second kappa shape index (κ2) is 8.59. The molecule has 0 fully saturated rings. The lowest BCUT2D eigenvalue weighted by molar-refractivity contribution is 0.0927. The van der Waals surface area contributed by atoms with Gasteiger partial charge in [-0.25, -0.2) is 4.79 Å². The zero-order valence-electron chi connectivity index (χ0n) is 14.0. The number of nitrogens with zero attached hydrogens (tertiary/aromatic N) is 3. The first-order valence-corrected chi connectivity index (χ1v) is 8.14. The zero-order valence-corrected chi connectivity index (χ0v) is 14.7. The minimum absolute atomic E-state index is 0.187. The Hall–Kier alpha value is -2.45. The molecule has 2 aromatic rings. The van der Waals surface area contributed by atoms with Gasteiger partial charge < -0.3 is 10.1 Å². The van der Waals surface area contributed by atoms with Crippen LogP contribution in [0.4, 0.5) is 0 Å². The van der Waals surface area contributed by atoms with Crippen LogP contribution in [0.1, 0.15) is 23.8 Å². The van der Waals surface area contributed by atoms with Gasteiger partial charge in [-0.3, -0.25) is 14.2 Å². The Bertz CT molecular complexity index is 858. The summed E-state index contributed by atoms with van der Waals surface area (Å²) in [5.74, 6) is -0.658. The maximum absolute atomic E-state index is 12.6. The summed E-state index contributed by atoms with van der Waals surface area (Å²) in [5, 5.41) is 7.01. The number of benzene rings is 1. The molecule has 0 aliphatic carbocycles. The molecule has 9 heteroatoms. The lowest BCUT2D eigenvalue weighted by Gasteiger charge is -2.11. The molecule has 0 saturated carbocycles. The molecule has 8 nitrogen and oxygen atoms in total. The van der Waals surface area contributed by atoms with Crippen molar-refractivity contribution in [2.75, 3.05) is 20.3 Å². The number of aromatic nitrogens is 3. The van der Waals surface area contributed by atoms with E-state index in [9.17, 15) is 14.4 Å². The number of carbonyl (C=O) groups excluding carboxylic acids is 1. The number of ether oxygens (including phenoxy) is 1. The first-order valence-electron chi connectivity index (χ1n) is 7.76. The molecule has 0 aliphatic rings. The van der Waals surface area contributed by atoms with Crippen LogP contribution in [0.2, 0.25) is 5.02 Å². The summed E-state index contributed by atoms with van der Waals surface area (Å²) in [6, 6.07) is 6.37. The highest BCUT2D eigenvalue weighted by Crippen LogP contribution is 2.11. The van der Waals surface area contributed by atoms with Crippen LogP contribution in [0.15, 0.2) is 33.9 Å². The summed E-state index contributed by atoms with van der Waals surface area (Å²) in [4.78, 5) is 37.3. The van der Waals surface area contributed by atoms with Crippen molar-refractivity contribution >= 4 is 17.5 Å². The van der Waals surface area contributed by atoms with E-state index in [2.05, 4.69) is 10.4 Å². The third-order valence-electron chi connectivity index (χ3n) is 3.39. The molecule has 0 radical (unpaired) electrons. The van der Waals surface area contributed by atoms with Gasteiger partial charge in [0, 0.05) is 25.2 Å². The summed E-state index contributed by atoms with van der Waals surface area (Å²) in [6.07, 6.45) is 0.560. The third-order valence-corrected chi connectivity index (χ3v) is 3.64. The average Bonchev–Trinajstić information content (AvgIpc) is 2.60. The molecule has 2 rings (SSSR count). The standard InChI is InChI=1S/C16H19ClN4O4/c1-3-9-20-15(23)13(14(22)18-8-10-25-2)19-21(16(20)24)12-6-4-11(17)5-7-12/h4-7H,3,8-10H2,1-2H3,(H,18,22). The van der Waals surface area contributed by atoms with E-state index in [4.69, 9.17) is 16.3 Å². The fourth-order valence-electron chi connectivity index (χ4n) is 2.18. The van der Waals surface area contributed by atoms with Gasteiger partial charge in [-0.05, 0) is 30.7 Å². The molecule has 0 saturated heterocycles. The van der Waals surface area contributed by atoms with E-state index in [1.165, 1.54) is 7.11 Å². The molecule has 25 heavy (non-hydrogen) atoms. The van der Waals surface area contributed by atoms with E-state index in [-0.39, 0.29) is 18.8 Å². The average molecular weight is 367 g/mol. The number of amides is 1. The zero-order chi connectivity index (χ0) is 18.4. The Morgan fingerprint density at radius 3 is 2.56 bits per heavy atom. The van der Waals surface area contributed by atoms with Gasteiger partial charge in [-0.2, -0.15) is 9.78 Å². The molecule has 0 spiro atoms. The SMILES string of the molecule is CCCn1c(=O)c(C(=O)NCCOC)nn(-c2ccc(Cl)cc2)c1=O. The van der Waals surface area contributed by atoms with Gasteiger partial charge in [0.25, 0.3) is 11.5 Å². The van der Waals surface area contributed by atoms with Crippen LogP contribution in [0.5, 0.6) is 0 Å². The predicted molar refractivity (Wildman–Crippen MR) is 93.6 cm³/mol. The molecule has 0 aliphatic heterocycles. The maximum atomic E-state index is 12.6. The summed E-state index contributed by atoms with van der Waals surface area (Å²) in [6.45, 7) is 2.54. The van der Waals surface area contributed by atoms with Crippen molar-refractivity contribution < 1.29 is 9.53 Å². The Balaban J connectivity index is 2.56. The van der Waals surface area contributed by atoms with E-state index in [0.717, 1.165) is 9.25 Å². The molecule has 1 heterocycles. The Labute approximate surface area is 149 Å². The molecule has 1 aromatic carbocycles. The highest BCUT2D eigenvalue weighted by molar-refractivity contribution is 6.30. The van der Waals surface area contributed by atoms with Gasteiger partial charge >= 0.3 is 5.69 Å². The molecule has 0 unspecified atom stereocenters. The highest BCUT2D eigenvalue weighted by atomic mass is 35.5. The smallest absolute Gasteiger partial charge is 0.352 e. The number of halogens is 1. The number of hydrogen-bond acceptors (Lipinski definition) is 5. The topological polar surface area (TPSA) is 95.2 Å². The minimum Gasteiger partial charge on any atom is -0.383 e. The normalized spacial score (nSPS) is 10.7. The fourth-order valence-corrected chi connectivity index (χ4v) is 2.30. The number of methoxy groups -OCH3 is 1. The van der Waals surface area contributed by atoms with Crippen molar-refractivity contribution in [1.82, 2.24) is 19.7 Å². The molecular formula is C16H19ClN4O4. The van der Waals surface area contributed by atoms with Crippen molar-refractivity contribution in [1.29, 1.82) is 0 Å². The summed E-state index contributed by atoms with van der Waals surface area (Å²) in [5.41, 5.74) is -1.26. The quantitative estimate of drug-likeness (QED) is 0.732. The van der Waals surface area contributed by atoms with Crippen LogP contribution >= 0.6 is 11.6 Å². The largest absolute Gasteiger partial charge is 0.383 e. The Kier molecular flexibility index (Phi) is 6.49. The Morgan fingerprint density at radius 1 is 1.28 bits per heavy atom. The van der Waals surface area contributed by atoms with E-state index in [1.54, 1.807) is 24.3 Å². The van der Waals surface area contributed by atoms with Gasteiger partial charge in [-0.1, -0.05) is 18.5 Å². The number of nitrogens with one attached hydrogen (secondary N) is 1. The summed E-state index contributed by atoms with van der Waals surface area (Å²) in [7, 11) is 1.50. The molecule has 0 atom stereocenters. The van der Waals surface area contributed by atoms with Gasteiger partial charge in [0.1, 0.15) is 0 Å². The molecule has 134 valence electrons. The van der Waals surface area contributed by atoms with E-state index in [1.807, 2.05) is 6.92 Å². The Morgan fingerprint density at radius 2 is 1.96 bits per heavy atom. The van der Waals surface area contributed by atoms with Crippen LogP contribution < -0.4 is 16.6 Å². The van der Waals surface area contributed by atoms with Crippen molar-refractivity contribution in [3.8, 4) is 5.69 Å². The first kappa shape index (κ1) is 18.9. The van der Waals surface area contributed by atoms with Crippen LogP contribution in [-0.4, -0.2) is 40.5 Å². The van der Waals surface area contributed by atoms with Gasteiger partial charge in [0.05, 0.1) is 12.3 Å². The number of hydrogen-bond donors (Lipinski definition) is 1. The molecule has 1 N–H and O–H groups in total. The maximum Gasteiger partial charge on any atom is 0.352 e. The van der Waals surface area contributed by atoms with Crippen LogP contribution in [0.3, 0.4) is 0 Å². The van der Waals surface area contributed by atoms with Gasteiger partial charge in [-0.15, -0.1) is 0 Å². The third kappa shape index (κ3) is 4.34. The van der Waals surface area contributed by atoms with Crippen molar-refractivity contribution in [3.05, 3.63) is 55.8 Å². The summed E-state index contributed by atoms with van der Waals surface area (Å²) < 4.78 is 6.89. The lowest BCUT2D eigenvalue weighted by atomic mass is 10.3. The fraction of sp³-hybridized carbons (Fsp3) is 0.375. The van der Waals surface area contributed by atoms with Crippen LogP contribution in [0, 0.1) is 0 Å². The predicted octanol–water partition coefficient (Wildman–Crippen LogP) is 0.834.